The first-order valence-corrected chi connectivity index (χ1v) is 7.79. The SMILES string of the molecule is CCCCC(=O)N(C)Cc1ccccc1N1CCCC1. The fourth-order valence-electron chi connectivity index (χ4n) is 2.77. The number of carbonyl (C=O) groups is 1. The van der Waals surface area contributed by atoms with Gasteiger partial charge in [0, 0.05) is 38.8 Å². The van der Waals surface area contributed by atoms with Crippen molar-refractivity contribution in [2.75, 3.05) is 25.0 Å². The van der Waals surface area contributed by atoms with Crippen LogP contribution in [0.15, 0.2) is 24.3 Å². The van der Waals surface area contributed by atoms with Gasteiger partial charge in [0.1, 0.15) is 0 Å². The molecule has 20 heavy (non-hydrogen) atoms. The maximum Gasteiger partial charge on any atom is 0.222 e. The van der Waals surface area contributed by atoms with Crippen LogP contribution in [-0.4, -0.2) is 30.9 Å². The van der Waals surface area contributed by atoms with Gasteiger partial charge in [-0.1, -0.05) is 31.5 Å². The van der Waals surface area contributed by atoms with Crippen molar-refractivity contribution in [3.8, 4) is 0 Å². The third-order valence-electron chi connectivity index (χ3n) is 4.02. The van der Waals surface area contributed by atoms with Crippen molar-refractivity contribution in [3.63, 3.8) is 0 Å². The number of nitrogens with zero attached hydrogens (tertiary/aromatic N) is 2. The zero-order valence-electron chi connectivity index (χ0n) is 12.8. The predicted octanol–water partition coefficient (Wildman–Crippen LogP) is 3.44. The van der Waals surface area contributed by atoms with Crippen LogP contribution >= 0.6 is 0 Å². The van der Waals surface area contributed by atoms with Gasteiger partial charge >= 0.3 is 0 Å². The minimum atomic E-state index is 0.253. The Hall–Kier alpha value is -1.51. The summed E-state index contributed by atoms with van der Waals surface area (Å²) in [6.07, 6.45) is 5.28. The summed E-state index contributed by atoms with van der Waals surface area (Å²) in [7, 11) is 1.92. The molecule has 1 aromatic rings. The molecule has 1 heterocycles. The molecule has 3 nitrogen and oxygen atoms in total. The largest absolute Gasteiger partial charge is 0.371 e. The van der Waals surface area contributed by atoms with Crippen LogP contribution in [0.3, 0.4) is 0 Å². The fraction of sp³-hybridized carbons (Fsp3) is 0.588. The van der Waals surface area contributed by atoms with Gasteiger partial charge in [0.2, 0.25) is 5.91 Å². The highest BCUT2D eigenvalue weighted by Gasteiger charge is 2.17. The Morgan fingerprint density at radius 2 is 1.95 bits per heavy atom. The van der Waals surface area contributed by atoms with E-state index in [0.717, 1.165) is 32.5 Å². The molecule has 3 heteroatoms. The Balaban J connectivity index is 2.03. The number of anilines is 1. The van der Waals surface area contributed by atoms with Gasteiger partial charge in [0.15, 0.2) is 0 Å². The number of amides is 1. The number of rotatable bonds is 6. The minimum absolute atomic E-state index is 0.253. The summed E-state index contributed by atoms with van der Waals surface area (Å²) in [6.45, 7) is 5.13. The Morgan fingerprint density at radius 3 is 2.65 bits per heavy atom. The van der Waals surface area contributed by atoms with Gasteiger partial charge in [-0.15, -0.1) is 0 Å². The lowest BCUT2D eigenvalue weighted by Gasteiger charge is -2.24. The Morgan fingerprint density at radius 1 is 1.25 bits per heavy atom. The van der Waals surface area contributed by atoms with E-state index in [0.29, 0.717) is 6.42 Å². The topological polar surface area (TPSA) is 23.6 Å². The molecule has 1 fully saturated rings. The summed E-state index contributed by atoms with van der Waals surface area (Å²) in [4.78, 5) is 16.4. The summed E-state index contributed by atoms with van der Waals surface area (Å²) in [6, 6.07) is 8.50. The Labute approximate surface area is 122 Å². The van der Waals surface area contributed by atoms with E-state index < -0.39 is 0 Å². The fourth-order valence-corrected chi connectivity index (χ4v) is 2.77. The van der Waals surface area contributed by atoms with Crippen LogP contribution in [0.4, 0.5) is 5.69 Å². The highest BCUT2D eigenvalue weighted by atomic mass is 16.2. The van der Waals surface area contributed by atoms with Gasteiger partial charge < -0.3 is 9.80 Å². The standard InChI is InChI=1S/C17H26N2O/c1-3-4-11-17(20)18(2)14-15-9-5-6-10-16(15)19-12-7-8-13-19/h5-6,9-10H,3-4,7-8,11-14H2,1-2H3. The van der Waals surface area contributed by atoms with Crippen LogP contribution in [0.1, 0.15) is 44.6 Å². The Kier molecular flexibility index (Phi) is 5.45. The Bertz CT molecular complexity index is 438. The third-order valence-corrected chi connectivity index (χ3v) is 4.02. The van der Waals surface area contributed by atoms with E-state index in [-0.39, 0.29) is 5.91 Å². The average molecular weight is 274 g/mol. The van der Waals surface area contributed by atoms with Gasteiger partial charge in [0.05, 0.1) is 0 Å². The second kappa shape index (κ2) is 7.32. The average Bonchev–Trinajstić information content (AvgIpc) is 2.99. The summed E-state index contributed by atoms with van der Waals surface area (Å²) in [5.74, 6) is 0.253. The minimum Gasteiger partial charge on any atom is -0.371 e. The molecule has 1 aromatic carbocycles. The first-order valence-electron chi connectivity index (χ1n) is 7.79. The van der Waals surface area contributed by atoms with Crippen LogP contribution in [0.25, 0.3) is 0 Å². The molecule has 0 spiro atoms. The summed E-state index contributed by atoms with van der Waals surface area (Å²) in [5.41, 5.74) is 2.57. The lowest BCUT2D eigenvalue weighted by atomic mass is 10.1. The van der Waals surface area contributed by atoms with E-state index in [1.54, 1.807) is 0 Å². The van der Waals surface area contributed by atoms with Crippen LogP contribution in [-0.2, 0) is 11.3 Å². The number of para-hydroxylation sites is 1. The molecule has 1 aliphatic heterocycles. The van der Waals surface area contributed by atoms with Crippen LogP contribution < -0.4 is 4.90 Å². The summed E-state index contributed by atoms with van der Waals surface area (Å²) >= 11 is 0. The van der Waals surface area contributed by atoms with Crippen molar-refractivity contribution < 1.29 is 4.79 Å². The van der Waals surface area contributed by atoms with E-state index in [9.17, 15) is 4.79 Å². The number of hydrogen-bond acceptors (Lipinski definition) is 2. The highest BCUT2D eigenvalue weighted by Crippen LogP contribution is 2.25. The second-order valence-corrected chi connectivity index (χ2v) is 5.68. The molecule has 110 valence electrons. The first-order chi connectivity index (χ1) is 9.72. The molecule has 0 bridgehead atoms. The highest BCUT2D eigenvalue weighted by molar-refractivity contribution is 5.76. The van der Waals surface area contributed by atoms with Crippen molar-refractivity contribution in [2.45, 2.75) is 45.6 Å². The number of carbonyl (C=O) groups excluding carboxylic acids is 1. The molecule has 1 aliphatic rings. The molecular weight excluding hydrogens is 248 g/mol. The first kappa shape index (κ1) is 14.9. The quantitative estimate of drug-likeness (QED) is 0.793. The van der Waals surface area contributed by atoms with Crippen LogP contribution in [0.5, 0.6) is 0 Å². The van der Waals surface area contributed by atoms with Crippen molar-refractivity contribution >= 4 is 11.6 Å². The molecule has 0 N–H and O–H groups in total. The normalized spacial score (nSPS) is 14.6. The van der Waals surface area contributed by atoms with Gasteiger partial charge in [-0.25, -0.2) is 0 Å². The molecule has 0 aliphatic carbocycles. The molecule has 0 atom stereocenters. The predicted molar refractivity (Wildman–Crippen MR) is 83.9 cm³/mol. The maximum absolute atomic E-state index is 12.1. The molecular formula is C17H26N2O. The summed E-state index contributed by atoms with van der Waals surface area (Å²) < 4.78 is 0. The van der Waals surface area contributed by atoms with E-state index in [2.05, 4.69) is 36.1 Å². The van der Waals surface area contributed by atoms with E-state index in [4.69, 9.17) is 0 Å². The van der Waals surface area contributed by atoms with Crippen molar-refractivity contribution in [1.29, 1.82) is 0 Å². The van der Waals surface area contributed by atoms with E-state index >= 15 is 0 Å². The maximum atomic E-state index is 12.1. The molecule has 0 unspecified atom stereocenters. The molecule has 0 aromatic heterocycles. The van der Waals surface area contributed by atoms with E-state index in [1.807, 2.05) is 11.9 Å². The van der Waals surface area contributed by atoms with Crippen molar-refractivity contribution in [3.05, 3.63) is 29.8 Å². The molecule has 1 amide bonds. The van der Waals surface area contributed by atoms with Gasteiger partial charge in [-0.05, 0) is 30.9 Å². The molecule has 0 radical (unpaired) electrons. The van der Waals surface area contributed by atoms with E-state index in [1.165, 1.54) is 24.1 Å². The second-order valence-electron chi connectivity index (χ2n) is 5.68. The molecule has 0 saturated carbocycles. The van der Waals surface area contributed by atoms with Crippen molar-refractivity contribution in [1.82, 2.24) is 4.90 Å². The monoisotopic (exact) mass is 274 g/mol. The zero-order chi connectivity index (χ0) is 14.4. The third kappa shape index (κ3) is 3.75. The van der Waals surface area contributed by atoms with Crippen molar-refractivity contribution in [2.24, 2.45) is 0 Å². The van der Waals surface area contributed by atoms with Gasteiger partial charge in [-0.2, -0.15) is 0 Å². The van der Waals surface area contributed by atoms with Gasteiger partial charge in [0.25, 0.3) is 0 Å². The van der Waals surface area contributed by atoms with Crippen LogP contribution in [0.2, 0.25) is 0 Å². The number of unbranched alkanes of at least 4 members (excludes halogenated alkanes) is 1. The van der Waals surface area contributed by atoms with Gasteiger partial charge in [-0.3, -0.25) is 4.79 Å². The van der Waals surface area contributed by atoms with Crippen LogP contribution in [0, 0.1) is 0 Å². The zero-order valence-corrected chi connectivity index (χ0v) is 12.8. The lowest BCUT2D eigenvalue weighted by molar-refractivity contribution is -0.130. The molecule has 1 saturated heterocycles. The summed E-state index contributed by atoms with van der Waals surface area (Å²) in [5, 5.41) is 0. The molecule has 2 rings (SSSR count). The smallest absolute Gasteiger partial charge is 0.222 e. The number of benzene rings is 1. The lowest BCUT2D eigenvalue weighted by Crippen LogP contribution is -2.27. The number of hydrogen-bond donors (Lipinski definition) is 0.